The lowest BCUT2D eigenvalue weighted by Gasteiger charge is -2.23. The molecule has 0 bridgehead atoms. The summed E-state index contributed by atoms with van der Waals surface area (Å²) in [6.45, 7) is 9.05. The fourth-order valence-electron chi connectivity index (χ4n) is 1.81. The third-order valence-corrected chi connectivity index (χ3v) is 2.68. The van der Waals surface area contributed by atoms with E-state index in [9.17, 15) is 0 Å². The largest absolute Gasteiger partial charge is 0.317 e. The zero-order chi connectivity index (χ0) is 10.2. The van der Waals surface area contributed by atoms with E-state index in [0.717, 1.165) is 19.1 Å². The second-order valence-electron chi connectivity index (χ2n) is 4.44. The monoisotopic (exact) mass is 199 g/mol. The Labute approximate surface area is 88.0 Å². The number of hydrogen-bond acceptors (Lipinski definition) is 3. The zero-order valence-electron chi connectivity index (χ0n) is 9.60. The minimum absolute atomic E-state index is 0.619. The topological polar surface area (TPSA) is 36.1 Å². The van der Waals surface area contributed by atoms with E-state index in [1.807, 2.05) is 0 Å². The fourth-order valence-corrected chi connectivity index (χ4v) is 1.81. The minimum Gasteiger partial charge on any atom is -0.317 e. The lowest BCUT2D eigenvalue weighted by atomic mass is 10.1. The van der Waals surface area contributed by atoms with Crippen molar-refractivity contribution in [3.8, 4) is 0 Å². The van der Waals surface area contributed by atoms with Crippen molar-refractivity contribution in [3.63, 3.8) is 0 Å². The van der Waals surface area contributed by atoms with Crippen LogP contribution in [0.1, 0.15) is 33.1 Å². The number of nitrogens with one attached hydrogen (secondary N) is 3. The summed E-state index contributed by atoms with van der Waals surface area (Å²) in [6.07, 6.45) is 3.82. The summed E-state index contributed by atoms with van der Waals surface area (Å²) in [5, 5.41) is 10.4. The molecule has 0 spiro atoms. The Morgan fingerprint density at radius 3 is 2.57 bits per heavy atom. The summed E-state index contributed by atoms with van der Waals surface area (Å²) < 4.78 is 0. The Morgan fingerprint density at radius 2 is 1.93 bits per heavy atom. The average Bonchev–Trinajstić information content (AvgIpc) is 2.18. The highest BCUT2D eigenvalue weighted by Gasteiger charge is 2.10. The van der Waals surface area contributed by atoms with Crippen LogP contribution < -0.4 is 16.0 Å². The predicted octanol–water partition coefficient (Wildman–Crippen LogP) is 0.716. The van der Waals surface area contributed by atoms with Gasteiger partial charge in [-0.05, 0) is 45.4 Å². The first-order chi connectivity index (χ1) is 6.79. The van der Waals surface area contributed by atoms with Crippen LogP contribution in [0.2, 0.25) is 0 Å². The Hall–Kier alpha value is -0.120. The maximum Gasteiger partial charge on any atom is 0.00912 e. The summed E-state index contributed by atoms with van der Waals surface area (Å²) in [7, 11) is 0. The Balaban J connectivity index is 1.87. The van der Waals surface area contributed by atoms with Gasteiger partial charge in [0.05, 0.1) is 0 Å². The molecular weight excluding hydrogens is 174 g/mol. The molecule has 1 fully saturated rings. The van der Waals surface area contributed by atoms with Gasteiger partial charge in [-0.25, -0.2) is 0 Å². The van der Waals surface area contributed by atoms with E-state index >= 15 is 0 Å². The molecule has 14 heavy (non-hydrogen) atoms. The van der Waals surface area contributed by atoms with Gasteiger partial charge in [0.2, 0.25) is 0 Å². The highest BCUT2D eigenvalue weighted by molar-refractivity contribution is 4.74. The maximum atomic E-state index is 3.62. The normalized spacial score (nSPS) is 19.1. The van der Waals surface area contributed by atoms with Crippen LogP contribution in [0.15, 0.2) is 0 Å². The van der Waals surface area contributed by atoms with Gasteiger partial charge in [0.1, 0.15) is 0 Å². The molecule has 1 aliphatic rings. The SMILES string of the molecule is CC(C)NCCCNC1CCNCC1. The summed E-state index contributed by atoms with van der Waals surface area (Å²) in [6, 6.07) is 1.38. The van der Waals surface area contributed by atoms with Gasteiger partial charge in [0.15, 0.2) is 0 Å². The molecule has 0 radical (unpaired) electrons. The van der Waals surface area contributed by atoms with E-state index in [1.54, 1.807) is 0 Å². The third-order valence-electron chi connectivity index (χ3n) is 2.68. The molecular formula is C11H25N3. The van der Waals surface area contributed by atoms with Crippen molar-refractivity contribution in [1.29, 1.82) is 0 Å². The molecule has 0 unspecified atom stereocenters. The van der Waals surface area contributed by atoms with Crippen LogP contribution >= 0.6 is 0 Å². The van der Waals surface area contributed by atoms with E-state index in [0.29, 0.717) is 6.04 Å². The van der Waals surface area contributed by atoms with Crippen LogP contribution in [0.3, 0.4) is 0 Å². The summed E-state index contributed by atoms with van der Waals surface area (Å²) in [5.74, 6) is 0. The molecule has 1 saturated heterocycles. The smallest absolute Gasteiger partial charge is 0.00912 e. The molecule has 1 heterocycles. The van der Waals surface area contributed by atoms with Crippen LogP contribution in [0.4, 0.5) is 0 Å². The van der Waals surface area contributed by atoms with Crippen LogP contribution in [0, 0.1) is 0 Å². The van der Waals surface area contributed by atoms with E-state index in [1.165, 1.54) is 32.4 Å². The number of rotatable bonds is 6. The van der Waals surface area contributed by atoms with Crippen molar-refractivity contribution >= 4 is 0 Å². The Morgan fingerprint density at radius 1 is 1.21 bits per heavy atom. The van der Waals surface area contributed by atoms with Gasteiger partial charge in [0.25, 0.3) is 0 Å². The molecule has 0 aliphatic carbocycles. The third kappa shape index (κ3) is 5.58. The molecule has 1 rings (SSSR count). The second kappa shape index (κ2) is 7.21. The van der Waals surface area contributed by atoms with Gasteiger partial charge in [-0.1, -0.05) is 13.8 Å². The van der Waals surface area contributed by atoms with Crippen molar-refractivity contribution in [2.75, 3.05) is 26.2 Å². The molecule has 0 aromatic heterocycles. The average molecular weight is 199 g/mol. The van der Waals surface area contributed by atoms with E-state index in [2.05, 4.69) is 29.8 Å². The summed E-state index contributed by atoms with van der Waals surface area (Å²) in [5.41, 5.74) is 0. The maximum absolute atomic E-state index is 3.62. The van der Waals surface area contributed by atoms with Crippen LogP contribution in [-0.2, 0) is 0 Å². The van der Waals surface area contributed by atoms with Crippen LogP contribution in [0.25, 0.3) is 0 Å². The molecule has 3 nitrogen and oxygen atoms in total. The van der Waals surface area contributed by atoms with Crippen molar-refractivity contribution in [2.45, 2.75) is 45.2 Å². The minimum atomic E-state index is 0.619. The molecule has 0 atom stereocenters. The van der Waals surface area contributed by atoms with Crippen LogP contribution in [0.5, 0.6) is 0 Å². The lowest BCUT2D eigenvalue weighted by molar-refractivity contribution is 0.383. The van der Waals surface area contributed by atoms with Crippen molar-refractivity contribution in [3.05, 3.63) is 0 Å². The highest BCUT2D eigenvalue weighted by Crippen LogP contribution is 2.01. The molecule has 0 saturated carbocycles. The van der Waals surface area contributed by atoms with E-state index in [-0.39, 0.29) is 0 Å². The molecule has 0 amide bonds. The van der Waals surface area contributed by atoms with E-state index < -0.39 is 0 Å². The second-order valence-corrected chi connectivity index (χ2v) is 4.44. The van der Waals surface area contributed by atoms with Crippen molar-refractivity contribution in [1.82, 2.24) is 16.0 Å². The van der Waals surface area contributed by atoms with Gasteiger partial charge >= 0.3 is 0 Å². The fraction of sp³-hybridized carbons (Fsp3) is 1.00. The van der Waals surface area contributed by atoms with E-state index in [4.69, 9.17) is 0 Å². The van der Waals surface area contributed by atoms with Crippen molar-refractivity contribution in [2.24, 2.45) is 0 Å². The highest BCUT2D eigenvalue weighted by atomic mass is 15.0. The lowest BCUT2D eigenvalue weighted by Crippen LogP contribution is -2.40. The van der Waals surface area contributed by atoms with Gasteiger partial charge < -0.3 is 16.0 Å². The number of piperidine rings is 1. The first-order valence-electron chi connectivity index (χ1n) is 5.96. The Kier molecular flexibility index (Phi) is 6.15. The van der Waals surface area contributed by atoms with Crippen molar-refractivity contribution < 1.29 is 0 Å². The molecule has 1 aliphatic heterocycles. The quantitative estimate of drug-likeness (QED) is 0.552. The zero-order valence-corrected chi connectivity index (χ0v) is 9.60. The summed E-state index contributed by atoms with van der Waals surface area (Å²) >= 11 is 0. The standard InChI is InChI=1S/C11H25N3/c1-10(2)13-6-3-7-14-11-4-8-12-9-5-11/h10-14H,3-9H2,1-2H3. The predicted molar refractivity (Wildman–Crippen MR) is 61.7 cm³/mol. The number of hydrogen-bond donors (Lipinski definition) is 3. The van der Waals surface area contributed by atoms with Crippen LogP contribution in [-0.4, -0.2) is 38.3 Å². The Bertz CT molecular complexity index is 130. The van der Waals surface area contributed by atoms with Gasteiger partial charge in [0, 0.05) is 12.1 Å². The molecule has 0 aromatic carbocycles. The molecule has 0 aromatic rings. The first-order valence-corrected chi connectivity index (χ1v) is 5.96. The van der Waals surface area contributed by atoms with Gasteiger partial charge in [-0.2, -0.15) is 0 Å². The first kappa shape index (κ1) is 12.0. The van der Waals surface area contributed by atoms with Gasteiger partial charge in [-0.15, -0.1) is 0 Å². The summed E-state index contributed by atoms with van der Waals surface area (Å²) in [4.78, 5) is 0. The van der Waals surface area contributed by atoms with Gasteiger partial charge in [-0.3, -0.25) is 0 Å². The molecule has 84 valence electrons. The molecule has 3 N–H and O–H groups in total. The molecule has 3 heteroatoms.